The van der Waals surface area contributed by atoms with Crippen molar-refractivity contribution in [1.29, 1.82) is 0 Å². The highest BCUT2D eigenvalue weighted by atomic mass is 19.2. The molecule has 2 aromatic rings. The van der Waals surface area contributed by atoms with E-state index in [9.17, 15) is 27.2 Å². The molecule has 0 aromatic heterocycles. The zero-order chi connectivity index (χ0) is 24.9. The summed E-state index contributed by atoms with van der Waals surface area (Å²) in [6.45, 7) is 3.54. The number of allylic oxidation sites excluding steroid dienone is 2. The average Bonchev–Trinajstić information content (AvgIpc) is 2.77. The van der Waals surface area contributed by atoms with Crippen molar-refractivity contribution in [3.05, 3.63) is 64.4 Å². The number of carbonyl (C=O) groups excluding carboxylic acids is 2. The number of benzene rings is 2. The van der Waals surface area contributed by atoms with Crippen LogP contribution in [0.1, 0.15) is 44.6 Å². The average molecular weight is 477 g/mol. The molecule has 0 fully saturated rings. The third kappa shape index (κ3) is 3.82. The van der Waals surface area contributed by atoms with Gasteiger partial charge in [0.25, 0.3) is 0 Å². The molecular formula is C25H23F4NO4. The van der Waals surface area contributed by atoms with E-state index < -0.39 is 46.2 Å². The van der Waals surface area contributed by atoms with E-state index in [1.54, 1.807) is 32.0 Å². The molecule has 180 valence electrons. The summed E-state index contributed by atoms with van der Waals surface area (Å²) in [5.74, 6) is -7.75. The van der Waals surface area contributed by atoms with E-state index in [0.29, 0.717) is 22.0 Å². The quantitative estimate of drug-likeness (QED) is 0.436. The number of Topliss-reactive ketones (excluding diaryl/α,β-unsaturated/α-hetero) is 1. The maximum Gasteiger partial charge on any atom is 0.232 e. The van der Waals surface area contributed by atoms with Crippen molar-refractivity contribution in [1.82, 2.24) is 0 Å². The third-order valence-corrected chi connectivity index (χ3v) is 6.27. The Labute approximate surface area is 194 Å². The summed E-state index contributed by atoms with van der Waals surface area (Å²) >= 11 is 0. The third-order valence-electron chi connectivity index (χ3n) is 6.27. The van der Waals surface area contributed by atoms with Gasteiger partial charge in [0.15, 0.2) is 29.1 Å². The molecule has 1 amide bonds. The lowest BCUT2D eigenvalue weighted by atomic mass is 9.69. The minimum atomic E-state index is -1.70. The molecule has 0 saturated heterocycles. The maximum atomic E-state index is 14.8. The van der Waals surface area contributed by atoms with Crippen molar-refractivity contribution in [2.24, 2.45) is 5.41 Å². The number of halogens is 4. The van der Waals surface area contributed by atoms with Crippen LogP contribution >= 0.6 is 0 Å². The number of nitrogens with zero attached hydrogens (tertiary/aromatic N) is 1. The van der Waals surface area contributed by atoms with Crippen LogP contribution in [0.5, 0.6) is 11.5 Å². The van der Waals surface area contributed by atoms with Gasteiger partial charge in [0, 0.05) is 41.7 Å². The van der Waals surface area contributed by atoms with Gasteiger partial charge in [-0.25, -0.2) is 17.6 Å². The summed E-state index contributed by atoms with van der Waals surface area (Å²) in [6.07, 6.45) is -0.162. The number of hydrogen-bond donors (Lipinski definition) is 0. The van der Waals surface area contributed by atoms with Crippen LogP contribution in [-0.4, -0.2) is 25.9 Å². The molecule has 0 bridgehead atoms. The Balaban J connectivity index is 2.01. The number of methoxy groups -OCH3 is 2. The molecule has 0 spiro atoms. The van der Waals surface area contributed by atoms with Gasteiger partial charge in [0.2, 0.25) is 5.91 Å². The monoisotopic (exact) mass is 477 g/mol. The van der Waals surface area contributed by atoms with Crippen molar-refractivity contribution in [3.63, 3.8) is 0 Å². The number of anilines is 1. The molecule has 0 N–H and O–H groups in total. The van der Waals surface area contributed by atoms with Crippen LogP contribution in [0.25, 0.3) is 0 Å². The van der Waals surface area contributed by atoms with Crippen molar-refractivity contribution in [2.45, 2.75) is 39.0 Å². The number of ether oxygens (including phenoxy) is 2. The molecule has 1 unspecified atom stereocenters. The van der Waals surface area contributed by atoms with Gasteiger partial charge in [-0.1, -0.05) is 13.8 Å². The lowest BCUT2D eigenvalue weighted by Gasteiger charge is -2.43. The topological polar surface area (TPSA) is 55.8 Å². The second kappa shape index (κ2) is 8.45. The zero-order valence-electron chi connectivity index (χ0n) is 19.1. The fourth-order valence-corrected chi connectivity index (χ4v) is 4.81. The predicted octanol–water partition coefficient (Wildman–Crippen LogP) is 5.42. The maximum absolute atomic E-state index is 14.8. The van der Waals surface area contributed by atoms with E-state index in [2.05, 4.69) is 0 Å². The molecule has 0 radical (unpaired) electrons. The Morgan fingerprint density at radius 2 is 1.59 bits per heavy atom. The second-order valence-corrected chi connectivity index (χ2v) is 9.21. The Bertz CT molecular complexity index is 1210. The van der Waals surface area contributed by atoms with Crippen LogP contribution in [0.2, 0.25) is 0 Å². The molecule has 5 nitrogen and oxygen atoms in total. The van der Waals surface area contributed by atoms with Crippen LogP contribution in [0, 0.1) is 28.7 Å². The number of rotatable bonds is 4. The van der Waals surface area contributed by atoms with E-state index in [-0.39, 0.29) is 42.4 Å². The molecule has 0 saturated carbocycles. The summed E-state index contributed by atoms with van der Waals surface area (Å²) in [5.41, 5.74) is -1.14. The van der Waals surface area contributed by atoms with Gasteiger partial charge < -0.3 is 9.47 Å². The van der Waals surface area contributed by atoms with Crippen LogP contribution in [0.3, 0.4) is 0 Å². The lowest BCUT2D eigenvalue weighted by Crippen LogP contribution is -2.44. The van der Waals surface area contributed by atoms with Gasteiger partial charge in [0.05, 0.1) is 14.2 Å². The molecule has 2 aliphatic rings. The van der Waals surface area contributed by atoms with E-state index in [0.717, 1.165) is 0 Å². The predicted molar refractivity (Wildman–Crippen MR) is 116 cm³/mol. The van der Waals surface area contributed by atoms with E-state index in [1.165, 1.54) is 14.2 Å². The van der Waals surface area contributed by atoms with Crippen molar-refractivity contribution >= 4 is 17.4 Å². The normalized spacial score (nSPS) is 19.9. The number of amides is 1. The van der Waals surface area contributed by atoms with E-state index >= 15 is 0 Å². The minimum absolute atomic E-state index is 0.0233. The molecule has 1 atom stereocenters. The summed E-state index contributed by atoms with van der Waals surface area (Å²) < 4.78 is 68.3. The molecule has 1 aliphatic carbocycles. The fraction of sp³-hybridized carbons (Fsp3) is 0.360. The summed E-state index contributed by atoms with van der Waals surface area (Å²) in [5, 5.41) is 0. The number of hydrogen-bond acceptors (Lipinski definition) is 4. The molecule has 34 heavy (non-hydrogen) atoms. The smallest absolute Gasteiger partial charge is 0.232 e. The highest BCUT2D eigenvalue weighted by Gasteiger charge is 2.46. The van der Waals surface area contributed by atoms with Crippen molar-refractivity contribution in [2.75, 3.05) is 19.1 Å². The molecule has 1 heterocycles. The van der Waals surface area contributed by atoms with Gasteiger partial charge in [0.1, 0.15) is 17.2 Å². The van der Waals surface area contributed by atoms with Crippen LogP contribution in [-0.2, 0) is 9.59 Å². The van der Waals surface area contributed by atoms with Gasteiger partial charge in [-0.2, -0.15) is 0 Å². The van der Waals surface area contributed by atoms with Gasteiger partial charge in [-0.05, 0) is 30.0 Å². The first kappa shape index (κ1) is 23.8. The van der Waals surface area contributed by atoms with Crippen molar-refractivity contribution in [3.8, 4) is 11.5 Å². The van der Waals surface area contributed by atoms with Crippen molar-refractivity contribution < 1.29 is 36.6 Å². The van der Waals surface area contributed by atoms with Crippen LogP contribution in [0.15, 0.2) is 35.5 Å². The Morgan fingerprint density at radius 1 is 0.941 bits per heavy atom. The minimum Gasteiger partial charge on any atom is -0.497 e. The van der Waals surface area contributed by atoms with Gasteiger partial charge in [-0.3, -0.25) is 14.5 Å². The summed E-state index contributed by atoms with van der Waals surface area (Å²) in [7, 11) is 2.89. The largest absolute Gasteiger partial charge is 0.497 e. The standard InChI is InChI=1S/C25H23F4NO4/c1-25(2)10-17-21(18(31)11-25)14(13-7-12(33-3)5-6-19(13)34-4)8-20(32)30(17)24-22(28)15(26)9-16(27)23(24)29/h5-7,9,14H,8,10-11H2,1-4H3. The molecule has 1 aliphatic heterocycles. The highest BCUT2D eigenvalue weighted by molar-refractivity contribution is 6.08. The van der Waals surface area contributed by atoms with E-state index in [1.807, 2.05) is 0 Å². The Morgan fingerprint density at radius 3 is 2.18 bits per heavy atom. The summed E-state index contributed by atoms with van der Waals surface area (Å²) in [6, 6.07) is 5.00. The SMILES string of the molecule is COc1ccc(OC)c(C2CC(=O)N(c3c(F)c(F)cc(F)c3F)C3=C2C(=O)CC(C)(C)C3)c1. The molecule has 4 rings (SSSR count). The first-order valence-electron chi connectivity index (χ1n) is 10.6. The zero-order valence-corrected chi connectivity index (χ0v) is 19.1. The van der Waals surface area contributed by atoms with Gasteiger partial charge in [-0.15, -0.1) is 0 Å². The van der Waals surface area contributed by atoms with Gasteiger partial charge >= 0.3 is 0 Å². The first-order valence-corrected chi connectivity index (χ1v) is 10.6. The van der Waals surface area contributed by atoms with Crippen LogP contribution in [0.4, 0.5) is 23.2 Å². The molecular weight excluding hydrogens is 454 g/mol. The second-order valence-electron chi connectivity index (χ2n) is 9.21. The molecule has 2 aromatic carbocycles. The van der Waals surface area contributed by atoms with E-state index in [4.69, 9.17) is 9.47 Å². The Hall–Kier alpha value is -3.36. The fourth-order valence-electron chi connectivity index (χ4n) is 4.81. The number of carbonyl (C=O) groups is 2. The lowest BCUT2D eigenvalue weighted by molar-refractivity contribution is -0.121. The molecule has 9 heteroatoms. The first-order chi connectivity index (χ1) is 16.0. The van der Waals surface area contributed by atoms with Crippen LogP contribution < -0.4 is 14.4 Å². The Kier molecular flexibility index (Phi) is 5.91. The summed E-state index contributed by atoms with van der Waals surface area (Å²) in [4.78, 5) is 27.4. The number of ketones is 1. The highest BCUT2D eigenvalue weighted by Crippen LogP contribution is 2.50.